The van der Waals surface area contributed by atoms with Gasteiger partial charge in [0, 0.05) is 31.9 Å². The zero-order chi connectivity index (χ0) is 16.6. The van der Waals surface area contributed by atoms with E-state index in [1.807, 2.05) is 4.90 Å². The lowest BCUT2D eigenvalue weighted by Gasteiger charge is -2.44. The maximum absolute atomic E-state index is 13.3. The highest BCUT2D eigenvalue weighted by atomic mass is 32.1. The fraction of sp³-hybridized carbons (Fsp3) is 0.722. The van der Waals surface area contributed by atoms with Gasteiger partial charge in [0.05, 0.1) is 5.41 Å². The Morgan fingerprint density at radius 2 is 2.00 bits per heavy atom. The Bertz CT molecular complexity index is 612. The lowest BCUT2D eigenvalue weighted by Crippen LogP contribution is -2.54. The molecule has 1 spiro atoms. The van der Waals surface area contributed by atoms with E-state index in [9.17, 15) is 9.59 Å². The lowest BCUT2D eigenvalue weighted by molar-refractivity contribution is -0.149. The van der Waals surface area contributed by atoms with E-state index in [1.165, 1.54) is 30.8 Å². The van der Waals surface area contributed by atoms with Gasteiger partial charge in [-0.15, -0.1) is 0 Å². The Balaban J connectivity index is 1.48. The average Bonchev–Trinajstić information content (AvgIpc) is 3.29. The molecule has 3 aliphatic rings. The van der Waals surface area contributed by atoms with E-state index in [-0.39, 0.29) is 11.3 Å². The first-order chi connectivity index (χ1) is 11.7. The van der Waals surface area contributed by atoms with Crippen molar-refractivity contribution in [2.45, 2.75) is 57.4 Å². The van der Waals surface area contributed by atoms with Crippen LogP contribution in [0.4, 0.5) is 0 Å². The van der Waals surface area contributed by atoms with Crippen LogP contribution < -0.4 is 0 Å². The van der Waals surface area contributed by atoms with E-state index < -0.39 is 0 Å². The van der Waals surface area contributed by atoms with Crippen molar-refractivity contribution in [3.8, 4) is 0 Å². The summed E-state index contributed by atoms with van der Waals surface area (Å²) in [6.07, 6.45) is 10.6. The first-order valence-corrected chi connectivity index (χ1v) is 9.98. The molecule has 3 heterocycles. The second-order valence-electron chi connectivity index (χ2n) is 7.53. The SMILES string of the molecule is O=C(c1ccns1)N1CC[C@]2(CCCN(C3CCCCC3)C2=O)C1. The highest BCUT2D eigenvalue weighted by Crippen LogP contribution is 2.42. The Hall–Kier alpha value is -1.43. The van der Waals surface area contributed by atoms with Gasteiger partial charge in [0.15, 0.2) is 0 Å². The smallest absolute Gasteiger partial charge is 0.265 e. The first-order valence-electron chi connectivity index (χ1n) is 9.21. The van der Waals surface area contributed by atoms with Crippen LogP contribution in [0.15, 0.2) is 12.3 Å². The molecule has 0 aromatic carbocycles. The number of likely N-dealkylation sites (tertiary alicyclic amines) is 2. The number of hydrogen-bond donors (Lipinski definition) is 0. The summed E-state index contributed by atoms with van der Waals surface area (Å²) < 4.78 is 4.03. The van der Waals surface area contributed by atoms with Crippen molar-refractivity contribution in [1.29, 1.82) is 0 Å². The van der Waals surface area contributed by atoms with Crippen molar-refractivity contribution >= 4 is 23.3 Å². The van der Waals surface area contributed by atoms with Crippen molar-refractivity contribution in [2.75, 3.05) is 19.6 Å². The number of carbonyl (C=O) groups is 2. The Labute approximate surface area is 147 Å². The largest absolute Gasteiger partial charge is 0.339 e. The molecule has 1 saturated carbocycles. The summed E-state index contributed by atoms with van der Waals surface area (Å²) in [6.45, 7) is 2.20. The molecule has 1 aromatic rings. The average molecular weight is 347 g/mol. The number of carbonyl (C=O) groups excluding carboxylic acids is 2. The van der Waals surface area contributed by atoms with Crippen molar-refractivity contribution in [1.82, 2.24) is 14.2 Å². The molecule has 24 heavy (non-hydrogen) atoms. The fourth-order valence-corrected chi connectivity index (χ4v) is 5.31. The van der Waals surface area contributed by atoms with Crippen molar-refractivity contribution in [3.05, 3.63) is 17.1 Å². The summed E-state index contributed by atoms with van der Waals surface area (Å²) in [4.78, 5) is 30.6. The van der Waals surface area contributed by atoms with Crippen molar-refractivity contribution < 1.29 is 9.59 Å². The molecule has 1 aromatic heterocycles. The number of aromatic nitrogens is 1. The molecule has 1 aliphatic carbocycles. The molecule has 0 unspecified atom stereocenters. The second kappa shape index (κ2) is 6.47. The highest BCUT2D eigenvalue weighted by molar-refractivity contribution is 7.08. The molecule has 4 rings (SSSR count). The molecule has 0 N–H and O–H groups in total. The minimum atomic E-state index is -0.323. The van der Waals surface area contributed by atoms with E-state index in [1.54, 1.807) is 12.3 Å². The maximum atomic E-state index is 13.3. The van der Waals surface area contributed by atoms with E-state index in [2.05, 4.69) is 9.27 Å². The molecule has 5 nitrogen and oxygen atoms in total. The van der Waals surface area contributed by atoms with Crippen LogP contribution in [0.1, 0.15) is 61.0 Å². The third-order valence-corrected chi connectivity index (χ3v) is 6.81. The second-order valence-corrected chi connectivity index (χ2v) is 8.36. The summed E-state index contributed by atoms with van der Waals surface area (Å²) in [5, 5.41) is 0. The van der Waals surface area contributed by atoms with E-state index >= 15 is 0 Å². The predicted octanol–water partition coefficient (Wildman–Crippen LogP) is 2.93. The van der Waals surface area contributed by atoms with E-state index in [0.29, 0.717) is 29.9 Å². The lowest BCUT2D eigenvalue weighted by atomic mass is 9.77. The molecule has 3 fully saturated rings. The van der Waals surface area contributed by atoms with Crippen molar-refractivity contribution in [2.24, 2.45) is 5.41 Å². The highest BCUT2D eigenvalue weighted by Gasteiger charge is 2.50. The number of nitrogens with zero attached hydrogens (tertiary/aromatic N) is 3. The van der Waals surface area contributed by atoms with Crippen LogP contribution in [0.5, 0.6) is 0 Å². The topological polar surface area (TPSA) is 53.5 Å². The molecular formula is C18H25N3O2S. The fourth-order valence-electron chi connectivity index (χ4n) is 4.75. The van der Waals surface area contributed by atoms with Crippen LogP contribution in [-0.4, -0.2) is 51.7 Å². The van der Waals surface area contributed by atoms with E-state index in [4.69, 9.17) is 0 Å². The van der Waals surface area contributed by atoms with Gasteiger partial charge in [-0.05, 0) is 49.7 Å². The van der Waals surface area contributed by atoms with E-state index in [0.717, 1.165) is 38.6 Å². The summed E-state index contributed by atoms with van der Waals surface area (Å²) in [7, 11) is 0. The van der Waals surface area contributed by atoms with Crippen LogP contribution in [0.3, 0.4) is 0 Å². The van der Waals surface area contributed by atoms with Crippen LogP contribution in [0.2, 0.25) is 0 Å². The Morgan fingerprint density at radius 1 is 1.17 bits per heavy atom. The minimum absolute atomic E-state index is 0.0389. The summed E-state index contributed by atoms with van der Waals surface area (Å²) in [5.41, 5.74) is -0.323. The van der Waals surface area contributed by atoms with Crippen LogP contribution in [0, 0.1) is 5.41 Å². The molecule has 2 amide bonds. The Kier molecular flexibility index (Phi) is 4.33. The van der Waals surface area contributed by atoms with Gasteiger partial charge in [0.1, 0.15) is 4.88 Å². The van der Waals surface area contributed by atoms with Crippen LogP contribution >= 0.6 is 11.5 Å². The number of amides is 2. The van der Waals surface area contributed by atoms with Gasteiger partial charge in [-0.1, -0.05) is 19.3 Å². The van der Waals surface area contributed by atoms with Gasteiger partial charge in [0.2, 0.25) is 5.91 Å². The van der Waals surface area contributed by atoms with Gasteiger partial charge in [-0.25, -0.2) is 4.37 Å². The predicted molar refractivity (Wildman–Crippen MR) is 92.9 cm³/mol. The van der Waals surface area contributed by atoms with Crippen LogP contribution in [0.25, 0.3) is 0 Å². The van der Waals surface area contributed by atoms with Gasteiger partial charge < -0.3 is 9.80 Å². The third kappa shape index (κ3) is 2.75. The molecule has 0 radical (unpaired) electrons. The quantitative estimate of drug-likeness (QED) is 0.826. The standard InChI is InChI=1S/C18H25N3O2S/c22-16(15-7-10-19-24-15)20-12-9-18(13-20)8-4-11-21(17(18)23)14-5-2-1-3-6-14/h7,10,14H,1-6,8-9,11-13H2/t18-/m1/s1. The monoisotopic (exact) mass is 347 g/mol. The molecule has 1 atom stereocenters. The van der Waals surface area contributed by atoms with Crippen LogP contribution in [-0.2, 0) is 4.79 Å². The zero-order valence-electron chi connectivity index (χ0n) is 14.1. The minimum Gasteiger partial charge on any atom is -0.339 e. The first kappa shape index (κ1) is 16.1. The number of hydrogen-bond acceptors (Lipinski definition) is 4. The third-order valence-electron chi connectivity index (χ3n) is 6.07. The van der Waals surface area contributed by atoms with Gasteiger partial charge in [-0.2, -0.15) is 0 Å². The van der Waals surface area contributed by atoms with Gasteiger partial charge in [0.25, 0.3) is 5.91 Å². The maximum Gasteiger partial charge on any atom is 0.265 e. The van der Waals surface area contributed by atoms with Gasteiger partial charge in [-0.3, -0.25) is 9.59 Å². The molecule has 2 saturated heterocycles. The normalized spacial score (nSPS) is 28.8. The van der Waals surface area contributed by atoms with Crippen molar-refractivity contribution in [3.63, 3.8) is 0 Å². The number of rotatable bonds is 2. The zero-order valence-corrected chi connectivity index (χ0v) is 14.9. The van der Waals surface area contributed by atoms with Gasteiger partial charge >= 0.3 is 0 Å². The summed E-state index contributed by atoms with van der Waals surface area (Å²) >= 11 is 1.24. The number of piperidine rings is 1. The summed E-state index contributed by atoms with van der Waals surface area (Å²) in [6, 6.07) is 2.21. The molecule has 0 bridgehead atoms. The molecule has 2 aliphatic heterocycles. The Morgan fingerprint density at radius 3 is 2.75 bits per heavy atom. The summed E-state index contributed by atoms with van der Waals surface area (Å²) in [5.74, 6) is 0.359. The molecular weight excluding hydrogens is 322 g/mol. The molecule has 6 heteroatoms. The molecule has 130 valence electrons.